The van der Waals surface area contributed by atoms with Crippen molar-refractivity contribution in [3.8, 4) is 0 Å². The SMILES string of the molecule is Cn1cc(N2CC[C@@H](NC(=O)Cc3cccs3)C2=O)cn1. The Morgan fingerprint density at radius 1 is 1.57 bits per heavy atom. The zero-order valence-corrected chi connectivity index (χ0v) is 12.5. The standard InChI is InChI=1S/C14H16N4O2S/c1-17-9-10(8-15-17)18-5-4-12(14(18)20)16-13(19)7-11-3-2-6-21-11/h2-3,6,8-9,12H,4-5,7H2,1H3,(H,16,19)/t12-/m1/s1. The van der Waals surface area contributed by atoms with Crippen LogP contribution in [0, 0.1) is 0 Å². The summed E-state index contributed by atoms with van der Waals surface area (Å²) in [5.74, 6) is -0.175. The summed E-state index contributed by atoms with van der Waals surface area (Å²) in [5.41, 5.74) is 0.775. The quantitative estimate of drug-likeness (QED) is 0.914. The summed E-state index contributed by atoms with van der Waals surface area (Å²) in [6.07, 6.45) is 4.42. The fourth-order valence-electron chi connectivity index (χ4n) is 2.43. The maximum atomic E-state index is 12.3. The molecular weight excluding hydrogens is 288 g/mol. The normalized spacial score (nSPS) is 18.2. The number of hydrogen-bond acceptors (Lipinski definition) is 4. The number of carbonyl (C=O) groups excluding carboxylic acids is 2. The third kappa shape index (κ3) is 2.97. The van der Waals surface area contributed by atoms with E-state index in [-0.39, 0.29) is 11.8 Å². The summed E-state index contributed by atoms with van der Waals surface area (Å²) >= 11 is 1.54. The van der Waals surface area contributed by atoms with Crippen molar-refractivity contribution >= 4 is 28.8 Å². The van der Waals surface area contributed by atoms with Crippen LogP contribution in [0.1, 0.15) is 11.3 Å². The van der Waals surface area contributed by atoms with Gasteiger partial charge < -0.3 is 10.2 Å². The average molecular weight is 304 g/mol. The van der Waals surface area contributed by atoms with Gasteiger partial charge in [-0.2, -0.15) is 5.10 Å². The van der Waals surface area contributed by atoms with Crippen LogP contribution in [0.4, 0.5) is 5.69 Å². The molecule has 0 aromatic carbocycles. The third-order valence-corrected chi connectivity index (χ3v) is 4.33. The van der Waals surface area contributed by atoms with E-state index in [9.17, 15) is 9.59 Å². The molecule has 1 fully saturated rings. The Morgan fingerprint density at radius 2 is 2.43 bits per heavy atom. The topological polar surface area (TPSA) is 67.2 Å². The Bertz CT molecular complexity index is 650. The van der Waals surface area contributed by atoms with Crippen molar-refractivity contribution in [3.63, 3.8) is 0 Å². The molecule has 0 aliphatic carbocycles. The molecule has 1 aliphatic rings. The summed E-state index contributed by atoms with van der Waals surface area (Å²) in [5, 5.41) is 8.83. The van der Waals surface area contributed by atoms with Gasteiger partial charge in [0.05, 0.1) is 18.3 Å². The molecule has 1 atom stereocenters. The largest absolute Gasteiger partial charge is 0.344 e. The molecule has 110 valence electrons. The molecule has 3 heterocycles. The maximum Gasteiger partial charge on any atom is 0.249 e. The first-order valence-electron chi connectivity index (χ1n) is 6.75. The van der Waals surface area contributed by atoms with Gasteiger partial charge >= 0.3 is 0 Å². The summed E-state index contributed by atoms with van der Waals surface area (Å²) in [7, 11) is 1.81. The number of thiophene rings is 1. The maximum absolute atomic E-state index is 12.3. The van der Waals surface area contributed by atoms with Gasteiger partial charge in [0.2, 0.25) is 11.8 Å². The molecule has 2 aromatic rings. The van der Waals surface area contributed by atoms with E-state index in [1.54, 1.807) is 33.3 Å². The number of nitrogens with one attached hydrogen (secondary N) is 1. The van der Waals surface area contributed by atoms with E-state index in [2.05, 4.69) is 10.4 Å². The lowest BCUT2D eigenvalue weighted by molar-refractivity contribution is -0.126. The van der Waals surface area contributed by atoms with E-state index in [0.29, 0.717) is 19.4 Å². The van der Waals surface area contributed by atoms with Crippen LogP contribution in [0.2, 0.25) is 0 Å². The molecule has 0 spiro atoms. The smallest absolute Gasteiger partial charge is 0.249 e. The van der Waals surface area contributed by atoms with Crippen LogP contribution in [-0.2, 0) is 23.1 Å². The number of anilines is 1. The van der Waals surface area contributed by atoms with E-state index in [4.69, 9.17) is 0 Å². The molecule has 0 saturated carbocycles. The lowest BCUT2D eigenvalue weighted by atomic mass is 10.2. The van der Waals surface area contributed by atoms with E-state index in [1.807, 2.05) is 24.6 Å². The van der Waals surface area contributed by atoms with Crippen LogP contribution >= 0.6 is 11.3 Å². The van der Waals surface area contributed by atoms with Crippen molar-refractivity contribution in [2.45, 2.75) is 18.9 Å². The number of amides is 2. The number of hydrogen-bond donors (Lipinski definition) is 1. The molecule has 0 bridgehead atoms. The molecule has 0 unspecified atom stereocenters. The van der Waals surface area contributed by atoms with Crippen LogP contribution in [0.25, 0.3) is 0 Å². The predicted molar refractivity (Wildman–Crippen MR) is 80.1 cm³/mol. The van der Waals surface area contributed by atoms with Crippen LogP contribution in [0.5, 0.6) is 0 Å². The number of carbonyl (C=O) groups is 2. The molecule has 0 radical (unpaired) electrons. The van der Waals surface area contributed by atoms with Crippen molar-refractivity contribution in [1.82, 2.24) is 15.1 Å². The first kappa shape index (κ1) is 13.8. The van der Waals surface area contributed by atoms with Gasteiger partial charge in [0.25, 0.3) is 0 Å². The Labute approximate surface area is 126 Å². The second-order valence-electron chi connectivity index (χ2n) is 5.03. The van der Waals surface area contributed by atoms with E-state index in [0.717, 1.165) is 10.6 Å². The van der Waals surface area contributed by atoms with Gasteiger partial charge in [-0.3, -0.25) is 14.3 Å². The van der Waals surface area contributed by atoms with Crippen molar-refractivity contribution in [2.75, 3.05) is 11.4 Å². The van der Waals surface area contributed by atoms with Crippen LogP contribution in [0.15, 0.2) is 29.9 Å². The fraction of sp³-hybridized carbons (Fsp3) is 0.357. The molecule has 1 N–H and O–H groups in total. The van der Waals surface area contributed by atoms with Gasteiger partial charge in [-0.15, -0.1) is 11.3 Å². The molecule has 3 rings (SSSR count). The molecule has 2 aromatic heterocycles. The molecule has 7 heteroatoms. The van der Waals surface area contributed by atoms with Gasteiger partial charge in [0, 0.05) is 24.7 Å². The fourth-order valence-corrected chi connectivity index (χ4v) is 3.14. The lowest BCUT2D eigenvalue weighted by Gasteiger charge is -2.15. The van der Waals surface area contributed by atoms with Gasteiger partial charge in [0.1, 0.15) is 6.04 Å². The van der Waals surface area contributed by atoms with E-state index < -0.39 is 6.04 Å². The Balaban J connectivity index is 1.60. The first-order valence-corrected chi connectivity index (χ1v) is 7.63. The van der Waals surface area contributed by atoms with Crippen molar-refractivity contribution in [3.05, 3.63) is 34.8 Å². The van der Waals surface area contributed by atoms with Gasteiger partial charge in [-0.05, 0) is 17.9 Å². The Morgan fingerprint density at radius 3 is 3.10 bits per heavy atom. The van der Waals surface area contributed by atoms with E-state index in [1.165, 1.54) is 0 Å². The highest BCUT2D eigenvalue weighted by molar-refractivity contribution is 7.10. The van der Waals surface area contributed by atoms with E-state index >= 15 is 0 Å². The highest BCUT2D eigenvalue weighted by Crippen LogP contribution is 2.20. The van der Waals surface area contributed by atoms with Gasteiger partial charge in [-0.1, -0.05) is 6.07 Å². The first-order chi connectivity index (χ1) is 10.1. The Hall–Kier alpha value is -2.15. The molecule has 6 nitrogen and oxygen atoms in total. The average Bonchev–Trinajstić information content (AvgIpc) is 3.14. The second-order valence-corrected chi connectivity index (χ2v) is 6.06. The minimum Gasteiger partial charge on any atom is -0.344 e. The molecular formula is C14H16N4O2S. The zero-order chi connectivity index (χ0) is 14.8. The van der Waals surface area contributed by atoms with Crippen LogP contribution in [0.3, 0.4) is 0 Å². The van der Waals surface area contributed by atoms with Gasteiger partial charge in [0.15, 0.2) is 0 Å². The highest BCUT2D eigenvalue weighted by atomic mass is 32.1. The zero-order valence-electron chi connectivity index (χ0n) is 11.7. The van der Waals surface area contributed by atoms with Crippen molar-refractivity contribution < 1.29 is 9.59 Å². The third-order valence-electron chi connectivity index (χ3n) is 3.46. The minimum absolute atomic E-state index is 0.0671. The number of aryl methyl sites for hydroxylation is 1. The molecule has 1 saturated heterocycles. The summed E-state index contributed by atoms with van der Waals surface area (Å²) in [6, 6.07) is 3.40. The number of aromatic nitrogens is 2. The predicted octanol–water partition coefficient (Wildman–Crippen LogP) is 0.946. The summed E-state index contributed by atoms with van der Waals surface area (Å²) in [6.45, 7) is 0.606. The Kier molecular flexibility index (Phi) is 3.74. The summed E-state index contributed by atoms with van der Waals surface area (Å²) < 4.78 is 1.66. The van der Waals surface area contributed by atoms with Crippen LogP contribution in [-0.4, -0.2) is 34.2 Å². The monoisotopic (exact) mass is 304 g/mol. The summed E-state index contributed by atoms with van der Waals surface area (Å²) in [4.78, 5) is 27.0. The minimum atomic E-state index is -0.433. The molecule has 2 amide bonds. The van der Waals surface area contributed by atoms with Crippen molar-refractivity contribution in [1.29, 1.82) is 0 Å². The van der Waals surface area contributed by atoms with Crippen LogP contribution < -0.4 is 10.2 Å². The number of nitrogens with zero attached hydrogens (tertiary/aromatic N) is 3. The molecule has 1 aliphatic heterocycles. The second kappa shape index (κ2) is 5.69. The van der Waals surface area contributed by atoms with Crippen molar-refractivity contribution in [2.24, 2.45) is 7.05 Å². The van der Waals surface area contributed by atoms with Gasteiger partial charge in [-0.25, -0.2) is 0 Å². The lowest BCUT2D eigenvalue weighted by Crippen LogP contribution is -2.42. The molecule has 21 heavy (non-hydrogen) atoms. The number of rotatable bonds is 4. The highest BCUT2D eigenvalue weighted by Gasteiger charge is 2.34.